The van der Waals surface area contributed by atoms with Crippen LogP contribution in [0, 0.1) is 0 Å². The molecule has 156 valence electrons. The molecule has 2 N–H and O–H groups in total. The molecule has 0 aromatic carbocycles. The maximum Gasteiger partial charge on any atom is 0.378 e. The Morgan fingerprint density at radius 2 is 1.63 bits per heavy atom. The summed E-state index contributed by atoms with van der Waals surface area (Å²) in [6.07, 6.45) is -1.31. The third-order valence-corrected chi connectivity index (χ3v) is 3.70. The first-order valence-electron chi connectivity index (χ1n) is 8.88. The highest BCUT2D eigenvalue weighted by Gasteiger charge is 2.48. The summed E-state index contributed by atoms with van der Waals surface area (Å²) in [4.78, 5) is 12.2. The van der Waals surface area contributed by atoms with Gasteiger partial charge in [0.25, 0.3) is 0 Å². The van der Waals surface area contributed by atoms with Gasteiger partial charge in [-0.2, -0.15) is 0 Å². The van der Waals surface area contributed by atoms with Crippen molar-refractivity contribution in [3.8, 4) is 0 Å². The topological polar surface area (TPSA) is 122 Å². The molecule has 0 bridgehead atoms. The normalized spacial score (nSPS) is 24.4. The predicted octanol–water partition coefficient (Wildman–Crippen LogP) is -0.674. The first kappa shape index (κ1) is 21.9. The molecular formula is C17H28O10. The maximum absolute atomic E-state index is 12.2. The van der Waals surface area contributed by atoms with Crippen LogP contribution >= 0.6 is 0 Å². The lowest BCUT2D eigenvalue weighted by Gasteiger charge is -2.22. The van der Waals surface area contributed by atoms with Crippen molar-refractivity contribution >= 4 is 5.97 Å². The van der Waals surface area contributed by atoms with Crippen molar-refractivity contribution in [3.05, 3.63) is 11.5 Å². The van der Waals surface area contributed by atoms with Crippen LogP contribution in [-0.4, -0.2) is 93.6 Å². The highest BCUT2D eigenvalue weighted by molar-refractivity contribution is 5.89. The lowest BCUT2D eigenvalue weighted by atomic mass is 10.2. The molecule has 0 saturated carbocycles. The summed E-state index contributed by atoms with van der Waals surface area (Å²) in [5, 5.41) is 17.4. The van der Waals surface area contributed by atoms with Gasteiger partial charge in [-0.15, -0.1) is 0 Å². The van der Waals surface area contributed by atoms with Crippen LogP contribution in [0.4, 0.5) is 0 Å². The van der Waals surface area contributed by atoms with Gasteiger partial charge in [-0.05, 0) is 13.8 Å². The minimum atomic E-state index is -0.787. The van der Waals surface area contributed by atoms with Gasteiger partial charge < -0.3 is 43.4 Å². The molecule has 2 aliphatic rings. The summed E-state index contributed by atoms with van der Waals surface area (Å²) >= 11 is 0. The molecule has 0 aromatic heterocycles. The first-order valence-corrected chi connectivity index (χ1v) is 8.88. The van der Waals surface area contributed by atoms with Gasteiger partial charge in [0.15, 0.2) is 17.7 Å². The van der Waals surface area contributed by atoms with E-state index < -0.39 is 24.0 Å². The molecule has 1 fully saturated rings. The van der Waals surface area contributed by atoms with Gasteiger partial charge in [-0.1, -0.05) is 0 Å². The fraction of sp³-hybridized carbons (Fsp3) is 0.824. The molecular weight excluding hydrogens is 364 g/mol. The summed E-state index contributed by atoms with van der Waals surface area (Å²) in [7, 11) is 0. The second kappa shape index (κ2) is 10.8. The Labute approximate surface area is 157 Å². The number of esters is 1. The van der Waals surface area contributed by atoms with Gasteiger partial charge in [0, 0.05) is 0 Å². The van der Waals surface area contributed by atoms with Crippen LogP contribution in [0.15, 0.2) is 11.5 Å². The molecule has 0 aromatic rings. The average Bonchev–Trinajstić information content (AvgIpc) is 3.14. The number of carbonyl (C=O) groups excluding carboxylic acids is 1. The molecule has 27 heavy (non-hydrogen) atoms. The minimum Gasteiger partial charge on any atom is -0.487 e. The number of cyclic esters (lactones) is 1. The van der Waals surface area contributed by atoms with E-state index in [1.165, 1.54) is 0 Å². The van der Waals surface area contributed by atoms with E-state index in [-0.39, 0.29) is 71.0 Å². The number of carbonyl (C=O) groups is 1. The molecule has 2 heterocycles. The van der Waals surface area contributed by atoms with Gasteiger partial charge in [0.1, 0.15) is 19.3 Å². The summed E-state index contributed by atoms with van der Waals surface area (Å²) in [6.45, 7) is 4.65. The van der Waals surface area contributed by atoms with Crippen LogP contribution in [0.25, 0.3) is 0 Å². The maximum atomic E-state index is 12.2. The van der Waals surface area contributed by atoms with Gasteiger partial charge in [-0.3, -0.25) is 0 Å². The van der Waals surface area contributed by atoms with E-state index in [0.717, 1.165) is 0 Å². The largest absolute Gasteiger partial charge is 0.487 e. The van der Waals surface area contributed by atoms with E-state index in [1.807, 2.05) is 0 Å². The second-order valence-electron chi connectivity index (χ2n) is 6.26. The van der Waals surface area contributed by atoms with Crippen molar-refractivity contribution < 1.29 is 48.2 Å². The van der Waals surface area contributed by atoms with E-state index in [2.05, 4.69) is 0 Å². The van der Waals surface area contributed by atoms with Gasteiger partial charge in [-0.25, -0.2) is 4.79 Å². The number of aliphatic hydroxyl groups excluding tert-OH is 2. The third kappa shape index (κ3) is 6.59. The number of hydrogen-bond donors (Lipinski definition) is 2. The molecule has 10 nitrogen and oxygen atoms in total. The Hall–Kier alpha value is -1.43. The molecule has 10 heteroatoms. The van der Waals surface area contributed by atoms with Crippen molar-refractivity contribution in [3.63, 3.8) is 0 Å². The Balaban J connectivity index is 2.00. The zero-order valence-corrected chi connectivity index (χ0v) is 15.7. The summed E-state index contributed by atoms with van der Waals surface area (Å²) in [6, 6.07) is 0. The molecule has 0 aliphatic carbocycles. The van der Waals surface area contributed by atoms with E-state index >= 15 is 0 Å². The number of rotatable bonds is 13. The highest BCUT2D eigenvalue weighted by Crippen LogP contribution is 2.34. The molecule has 1 saturated heterocycles. The van der Waals surface area contributed by atoms with Crippen LogP contribution in [0.5, 0.6) is 0 Å². The van der Waals surface area contributed by atoms with Gasteiger partial charge in [0.2, 0.25) is 5.76 Å². The fourth-order valence-corrected chi connectivity index (χ4v) is 2.59. The SMILES string of the molecule is CC1(C)OCC(C2OC(=O)C(OCCOCCO)=C2OCCOCCO)O1. The van der Waals surface area contributed by atoms with Gasteiger partial charge >= 0.3 is 5.97 Å². The summed E-state index contributed by atoms with van der Waals surface area (Å²) in [5.74, 6) is -1.25. The molecule has 2 rings (SSSR count). The zero-order chi connectivity index (χ0) is 19.7. The fourth-order valence-electron chi connectivity index (χ4n) is 2.59. The van der Waals surface area contributed by atoms with Crippen molar-refractivity contribution in [2.75, 3.05) is 59.5 Å². The molecule has 2 aliphatic heterocycles. The Morgan fingerprint density at radius 3 is 2.19 bits per heavy atom. The number of hydrogen-bond acceptors (Lipinski definition) is 10. The molecule has 0 radical (unpaired) electrons. The average molecular weight is 392 g/mol. The Morgan fingerprint density at radius 1 is 1.00 bits per heavy atom. The number of ether oxygens (including phenoxy) is 7. The lowest BCUT2D eigenvalue weighted by Crippen LogP contribution is -2.33. The monoisotopic (exact) mass is 392 g/mol. The number of aliphatic hydroxyl groups is 2. The van der Waals surface area contributed by atoms with Crippen LogP contribution in [0.1, 0.15) is 13.8 Å². The van der Waals surface area contributed by atoms with Gasteiger partial charge in [0.05, 0.1) is 46.2 Å². The molecule has 2 unspecified atom stereocenters. The van der Waals surface area contributed by atoms with Crippen molar-refractivity contribution in [1.82, 2.24) is 0 Å². The first-order chi connectivity index (χ1) is 13.0. The van der Waals surface area contributed by atoms with Crippen LogP contribution in [0.3, 0.4) is 0 Å². The molecule has 0 spiro atoms. The molecule has 0 amide bonds. The van der Waals surface area contributed by atoms with Crippen molar-refractivity contribution in [2.45, 2.75) is 31.8 Å². The standard InChI is InChI=1S/C17H28O10/c1-17(2)25-11-12(27-17)13-14(23-9-7-21-5-3-18)15(16(20)26-13)24-10-8-22-6-4-19/h12-13,18-19H,3-11H2,1-2H3. The highest BCUT2D eigenvalue weighted by atomic mass is 16.8. The van der Waals surface area contributed by atoms with E-state index in [1.54, 1.807) is 13.8 Å². The second-order valence-corrected chi connectivity index (χ2v) is 6.26. The predicted molar refractivity (Wildman–Crippen MR) is 89.5 cm³/mol. The van der Waals surface area contributed by atoms with Crippen LogP contribution < -0.4 is 0 Å². The smallest absolute Gasteiger partial charge is 0.378 e. The van der Waals surface area contributed by atoms with E-state index in [9.17, 15) is 4.79 Å². The quantitative estimate of drug-likeness (QED) is 0.308. The Bertz CT molecular complexity index is 504. The van der Waals surface area contributed by atoms with Crippen LogP contribution in [0.2, 0.25) is 0 Å². The zero-order valence-electron chi connectivity index (χ0n) is 15.7. The molecule has 2 atom stereocenters. The Kier molecular flexibility index (Phi) is 8.74. The summed E-state index contributed by atoms with van der Waals surface area (Å²) in [5.41, 5.74) is 0. The van der Waals surface area contributed by atoms with E-state index in [0.29, 0.717) is 0 Å². The van der Waals surface area contributed by atoms with Crippen LogP contribution in [-0.2, 0) is 38.0 Å². The van der Waals surface area contributed by atoms with Crippen molar-refractivity contribution in [1.29, 1.82) is 0 Å². The lowest BCUT2D eigenvalue weighted by molar-refractivity contribution is -0.164. The third-order valence-electron chi connectivity index (χ3n) is 3.70. The van der Waals surface area contributed by atoms with E-state index in [4.69, 9.17) is 43.4 Å². The minimum absolute atomic E-state index is 0.0388. The summed E-state index contributed by atoms with van der Waals surface area (Å²) < 4.78 is 38.2. The van der Waals surface area contributed by atoms with Crippen molar-refractivity contribution in [2.24, 2.45) is 0 Å².